The summed E-state index contributed by atoms with van der Waals surface area (Å²) in [7, 11) is 0. The molecule has 2 aromatic heterocycles. The van der Waals surface area contributed by atoms with Crippen LogP contribution in [0.15, 0.2) is 22.7 Å². The molecule has 0 aliphatic carbocycles. The zero-order chi connectivity index (χ0) is 13.9. The Kier molecular flexibility index (Phi) is 3.89. The van der Waals surface area contributed by atoms with Gasteiger partial charge in [-0.3, -0.25) is 5.10 Å². The number of nitrogens with zero attached hydrogens (tertiary/aromatic N) is 1. The van der Waals surface area contributed by atoms with Crippen molar-refractivity contribution < 1.29 is 9.15 Å². The van der Waals surface area contributed by atoms with Gasteiger partial charge in [0.2, 0.25) is 0 Å². The minimum absolute atomic E-state index is 0.360. The number of H-pyrrole nitrogens is 1. The highest BCUT2D eigenvalue weighted by Crippen LogP contribution is 2.24. The first kappa shape index (κ1) is 13.4. The second-order valence-electron chi connectivity index (χ2n) is 5.44. The molecule has 5 nitrogen and oxygen atoms in total. The van der Waals surface area contributed by atoms with E-state index in [1.165, 1.54) is 0 Å². The second-order valence-corrected chi connectivity index (χ2v) is 5.44. The van der Waals surface area contributed by atoms with E-state index in [4.69, 9.17) is 9.15 Å². The van der Waals surface area contributed by atoms with Gasteiger partial charge in [0.1, 0.15) is 11.5 Å². The van der Waals surface area contributed by atoms with E-state index in [9.17, 15) is 0 Å². The smallest absolute Gasteiger partial charge is 0.152 e. The molecule has 108 valence electrons. The van der Waals surface area contributed by atoms with Crippen LogP contribution < -0.4 is 5.32 Å². The summed E-state index contributed by atoms with van der Waals surface area (Å²) in [5, 5.41) is 10.6. The third kappa shape index (κ3) is 2.78. The van der Waals surface area contributed by atoms with Crippen molar-refractivity contribution in [3.05, 3.63) is 29.7 Å². The van der Waals surface area contributed by atoms with Gasteiger partial charge in [0.15, 0.2) is 5.76 Å². The molecule has 0 saturated carbocycles. The van der Waals surface area contributed by atoms with Crippen LogP contribution in [0.25, 0.3) is 11.5 Å². The van der Waals surface area contributed by atoms with Crippen molar-refractivity contribution in [2.24, 2.45) is 5.92 Å². The molecule has 5 heteroatoms. The molecule has 0 radical (unpaired) electrons. The van der Waals surface area contributed by atoms with Crippen LogP contribution in [-0.4, -0.2) is 29.5 Å². The van der Waals surface area contributed by atoms with Crippen LogP contribution in [0.3, 0.4) is 0 Å². The lowest BCUT2D eigenvalue weighted by atomic mass is 10.0. The van der Waals surface area contributed by atoms with Crippen molar-refractivity contribution in [2.75, 3.05) is 13.2 Å². The molecule has 0 aromatic carbocycles. The Morgan fingerprint density at radius 1 is 1.45 bits per heavy atom. The Balaban J connectivity index is 1.60. The molecule has 1 saturated heterocycles. The number of ether oxygens (including phenoxy) is 1. The van der Waals surface area contributed by atoms with Gasteiger partial charge in [-0.2, -0.15) is 5.10 Å². The van der Waals surface area contributed by atoms with Crippen molar-refractivity contribution in [3.8, 4) is 11.5 Å². The van der Waals surface area contributed by atoms with Crippen molar-refractivity contribution in [1.29, 1.82) is 0 Å². The van der Waals surface area contributed by atoms with Crippen LogP contribution in [0.2, 0.25) is 0 Å². The van der Waals surface area contributed by atoms with E-state index in [0.717, 1.165) is 48.9 Å². The molecule has 0 spiro atoms. The molecule has 1 aliphatic rings. The highest BCUT2D eigenvalue weighted by molar-refractivity contribution is 5.56. The third-order valence-electron chi connectivity index (χ3n) is 3.96. The first-order chi connectivity index (χ1) is 9.74. The fourth-order valence-corrected chi connectivity index (χ4v) is 2.66. The highest BCUT2D eigenvalue weighted by atomic mass is 16.5. The summed E-state index contributed by atoms with van der Waals surface area (Å²) < 4.78 is 11.2. The number of furan rings is 1. The largest absolute Gasteiger partial charge is 0.460 e. The maximum Gasteiger partial charge on any atom is 0.152 e. The SMILES string of the molecule is Cc1ccc(-c2[nH]ncc2CNCC2CCOC2C)o1. The zero-order valence-corrected chi connectivity index (χ0v) is 12.0. The van der Waals surface area contributed by atoms with Gasteiger partial charge in [-0.15, -0.1) is 0 Å². The van der Waals surface area contributed by atoms with E-state index < -0.39 is 0 Å². The second kappa shape index (κ2) is 5.81. The quantitative estimate of drug-likeness (QED) is 0.880. The molecule has 2 unspecified atom stereocenters. The summed E-state index contributed by atoms with van der Waals surface area (Å²) in [4.78, 5) is 0. The lowest BCUT2D eigenvalue weighted by Gasteiger charge is -2.14. The average molecular weight is 275 g/mol. The van der Waals surface area contributed by atoms with Crippen LogP contribution in [-0.2, 0) is 11.3 Å². The number of aromatic nitrogens is 2. The first-order valence-corrected chi connectivity index (χ1v) is 7.15. The van der Waals surface area contributed by atoms with E-state index in [1.54, 1.807) is 0 Å². The monoisotopic (exact) mass is 275 g/mol. The van der Waals surface area contributed by atoms with Gasteiger partial charge in [-0.25, -0.2) is 0 Å². The average Bonchev–Trinajstić information content (AvgIpc) is 3.12. The van der Waals surface area contributed by atoms with Gasteiger partial charge < -0.3 is 14.5 Å². The number of hydrogen-bond donors (Lipinski definition) is 2. The standard InChI is InChI=1S/C15H21N3O2/c1-10-3-4-14(20-10)15-13(9-17-18-15)8-16-7-12-5-6-19-11(12)2/h3-4,9,11-12,16H,5-8H2,1-2H3,(H,17,18). The van der Waals surface area contributed by atoms with E-state index in [0.29, 0.717) is 12.0 Å². The molecule has 3 rings (SSSR count). The molecule has 1 fully saturated rings. The molecule has 0 amide bonds. The number of nitrogens with one attached hydrogen (secondary N) is 2. The van der Waals surface area contributed by atoms with Crippen LogP contribution in [0, 0.1) is 12.8 Å². The van der Waals surface area contributed by atoms with Gasteiger partial charge in [0.05, 0.1) is 12.3 Å². The maximum absolute atomic E-state index is 5.65. The summed E-state index contributed by atoms with van der Waals surface area (Å²) in [6.45, 7) is 6.74. The fourth-order valence-electron chi connectivity index (χ4n) is 2.66. The fraction of sp³-hybridized carbons (Fsp3) is 0.533. The highest BCUT2D eigenvalue weighted by Gasteiger charge is 2.23. The maximum atomic E-state index is 5.65. The predicted octanol–water partition coefficient (Wildman–Crippen LogP) is 2.49. The van der Waals surface area contributed by atoms with Crippen molar-refractivity contribution >= 4 is 0 Å². The summed E-state index contributed by atoms with van der Waals surface area (Å²) in [5.41, 5.74) is 2.09. The molecule has 2 N–H and O–H groups in total. The van der Waals surface area contributed by atoms with Gasteiger partial charge in [-0.05, 0) is 38.3 Å². The van der Waals surface area contributed by atoms with Crippen molar-refractivity contribution in [1.82, 2.24) is 15.5 Å². The van der Waals surface area contributed by atoms with E-state index in [-0.39, 0.29) is 0 Å². The van der Waals surface area contributed by atoms with E-state index >= 15 is 0 Å². The minimum Gasteiger partial charge on any atom is -0.460 e. The van der Waals surface area contributed by atoms with Crippen LogP contribution >= 0.6 is 0 Å². The summed E-state index contributed by atoms with van der Waals surface area (Å²) >= 11 is 0. The zero-order valence-electron chi connectivity index (χ0n) is 12.0. The third-order valence-corrected chi connectivity index (χ3v) is 3.96. The molecule has 2 atom stereocenters. The molecule has 0 bridgehead atoms. The lowest BCUT2D eigenvalue weighted by Crippen LogP contribution is -2.26. The lowest BCUT2D eigenvalue weighted by molar-refractivity contribution is 0.105. The molecular weight excluding hydrogens is 254 g/mol. The molecule has 2 aromatic rings. The van der Waals surface area contributed by atoms with Gasteiger partial charge in [0, 0.05) is 25.3 Å². The Hall–Kier alpha value is -1.59. The first-order valence-electron chi connectivity index (χ1n) is 7.15. The minimum atomic E-state index is 0.360. The Bertz CT molecular complexity index is 561. The van der Waals surface area contributed by atoms with Gasteiger partial charge in [-0.1, -0.05) is 0 Å². The normalized spacial score (nSPS) is 22.5. The van der Waals surface area contributed by atoms with Gasteiger partial charge >= 0.3 is 0 Å². The Morgan fingerprint density at radius 3 is 3.05 bits per heavy atom. The van der Waals surface area contributed by atoms with Crippen LogP contribution in [0.4, 0.5) is 0 Å². The number of rotatable bonds is 5. The Morgan fingerprint density at radius 2 is 2.35 bits per heavy atom. The molecule has 1 aliphatic heterocycles. The van der Waals surface area contributed by atoms with Crippen molar-refractivity contribution in [2.45, 2.75) is 32.9 Å². The summed E-state index contributed by atoms with van der Waals surface area (Å²) in [6, 6.07) is 3.93. The van der Waals surface area contributed by atoms with Crippen molar-refractivity contribution in [3.63, 3.8) is 0 Å². The summed E-state index contributed by atoms with van der Waals surface area (Å²) in [6.07, 6.45) is 3.36. The van der Waals surface area contributed by atoms with Crippen LogP contribution in [0.1, 0.15) is 24.7 Å². The number of aromatic amines is 1. The predicted molar refractivity (Wildman–Crippen MR) is 76.3 cm³/mol. The topological polar surface area (TPSA) is 63.1 Å². The molecular formula is C15H21N3O2. The summed E-state index contributed by atoms with van der Waals surface area (Å²) in [5.74, 6) is 2.36. The number of hydrogen-bond acceptors (Lipinski definition) is 4. The van der Waals surface area contributed by atoms with Gasteiger partial charge in [0.25, 0.3) is 0 Å². The van der Waals surface area contributed by atoms with E-state index in [2.05, 4.69) is 22.4 Å². The molecule has 20 heavy (non-hydrogen) atoms. The Labute approximate surface area is 118 Å². The number of aryl methyl sites for hydroxylation is 1. The van der Waals surface area contributed by atoms with E-state index in [1.807, 2.05) is 25.3 Å². The van der Waals surface area contributed by atoms with Crippen LogP contribution in [0.5, 0.6) is 0 Å². The molecule has 3 heterocycles.